The van der Waals surface area contributed by atoms with Gasteiger partial charge in [0.1, 0.15) is 11.9 Å². The number of aliphatic hydroxyl groups excluding tert-OH is 1. The van der Waals surface area contributed by atoms with Gasteiger partial charge in [0, 0.05) is 11.1 Å². The van der Waals surface area contributed by atoms with Gasteiger partial charge in [-0.25, -0.2) is 0 Å². The zero-order valence-electron chi connectivity index (χ0n) is 11.9. The van der Waals surface area contributed by atoms with Gasteiger partial charge in [-0.1, -0.05) is 18.7 Å². The summed E-state index contributed by atoms with van der Waals surface area (Å²) < 4.78 is 5.04. The Morgan fingerprint density at radius 3 is 2.26 bits per heavy atom. The van der Waals surface area contributed by atoms with Gasteiger partial charge < -0.3 is 15.2 Å². The number of hydrogen-bond acceptors (Lipinski definition) is 3. The lowest BCUT2D eigenvalue weighted by Crippen LogP contribution is -2.42. The average molecular weight is 263 g/mol. The molecule has 0 fully saturated rings. The Bertz CT molecular complexity index is 457. The van der Waals surface area contributed by atoms with E-state index < -0.39 is 6.10 Å². The van der Waals surface area contributed by atoms with Crippen molar-refractivity contribution < 1.29 is 14.6 Å². The molecule has 0 saturated carbocycles. The molecule has 0 aliphatic carbocycles. The number of carbonyl (C=O) groups excluding carboxylic acids is 1. The van der Waals surface area contributed by atoms with E-state index in [1.807, 2.05) is 20.8 Å². The molecule has 0 aliphatic heterocycles. The minimum Gasteiger partial charge on any atom is -0.497 e. The number of carbonyl (C=O) groups is 1. The largest absolute Gasteiger partial charge is 0.497 e. The van der Waals surface area contributed by atoms with Gasteiger partial charge >= 0.3 is 0 Å². The fourth-order valence-corrected chi connectivity index (χ4v) is 1.53. The first kappa shape index (κ1) is 15.2. The quantitative estimate of drug-likeness (QED) is 0.819. The molecule has 0 aliphatic rings. The third-order valence-corrected chi connectivity index (χ3v) is 2.54. The van der Waals surface area contributed by atoms with E-state index in [-0.39, 0.29) is 17.0 Å². The van der Waals surface area contributed by atoms with E-state index in [1.165, 1.54) is 0 Å². The van der Waals surface area contributed by atoms with Crippen molar-refractivity contribution in [3.05, 3.63) is 42.0 Å². The molecule has 1 amide bonds. The lowest BCUT2D eigenvalue weighted by molar-refractivity contribution is -0.119. The Morgan fingerprint density at radius 1 is 1.32 bits per heavy atom. The average Bonchev–Trinajstić information content (AvgIpc) is 2.35. The molecule has 0 aromatic heterocycles. The Morgan fingerprint density at radius 2 is 1.84 bits per heavy atom. The van der Waals surface area contributed by atoms with Crippen LogP contribution in [-0.2, 0) is 4.79 Å². The summed E-state index contributed by atoms with van der Waals surface area (Å²) in [7, 11) is 1.57. The van der Waals surface area contributed by atoms with E-state index in [1.54, 1.807) is 31.4 Å². The standard InChI is InChI=1S/C15H21NO3/c1-10(14(18)16-15(2,3)4)13(17)11-6-8-12(19-5)9-7-11/h6-9,13,17H,1H2,2-5H3,(H,16,18)/t13-/m1/s1. The Kier molecular flexibility index (Phi) is 4.72. The first-order valence-corrected chi connectivity index (χ1v) is 6.08. The van der Waals surface area contributed by atoms with Gasteiger partial charge in [-0.15, -0.1) is 0 Å². The minimum absolute atomic E-state index is 0.125. The summed E-state index contributed by atoms with van der Waals surface area (Å²) in [5.41, 5.74) is 0.370. The molecule has 1 aromatic rings. The van der Waals surface area contributed by atoms with Crippen molar-refractivity contribution in [2.45, 2.75) is 32.4 Å². The number of rotatable bonds is 4. The van der Waals surface area contributed by atoms with E-state index in [0.29, 0.717) is 11.3 Å². The van der Waals surface area contributed by atoms with Gasteiger partial charge in [0.15, 0.2) is 0 Å². The number of ether oxygens (including phenoxy) is 1. The highest BCUT2D eigenvalue weighted by Gasteiger charge is 2.22. The van der Waals surface area contributed by atoms with Gasteiger partial charge in [-0.2, -0.15) is 0 Å². The molecule has 0 bridgehead atoms. The Balaban J connectivity index is 2.78. The van der Waals surface area contributed by atoms with Crippen LogP contribution in [0.25, 0.3) is 0 Å². The lowest BCUT2D eigenvalue weighted by atomic mass is 10.0. The zero-order valence-corrected chi connectivity index (χ0v) is 11.9. The molecule has 0 heterocycles. The van der Waals surface area contributed by atoms with Gasteiger partial charge in [0.25, 0.3) is 0 Å². The van der Waals surface area contributed by atoms with Crippen molar-refractivity contribution in [3.63, 3.8) is 0 Å². The Hall–Kier alpha value is -1.81. The van der Waals surface area contributed by atoms with Gasteiger partial charge in [-0.3, -0.25) is 4.79 Å². The zero-order chi connectivity index (χ0) is 14.6. The molecule has 1 rings (SSSR count). The van der Waals surface area contributed by atoms with Crippen LogP contribution < -0.4 is 10.1 Å². The number of nitrogens with one attached hydrogen (secondary N) is 1. The van der Waals surface area contributed by atoms with Crippen molar-refractivity contribution in [3.8, 4) is 5.75 Å². The molecule has 4 nitrogen and oxygen atoms in total. The van der Waals surface area contributed by atoms with Crippen LogP contribution in [0.15, 0.2) is 36.4 Å². The highest BCUT2D eigenvalue weighted by molar-refractivity contribution is 5.94. The molecule has 0 spiro atoms. The second-order valence-electron chi connectivity index (χ2n) is 5.41. The molecule has 4 heteroatoms. The molecule has 0 unspecified atom stereocenters. The van der Waals surface area contributed by atoms with Crippen molar-refractivity contribution in [1.29, 1.82) is 0 Å². The SMILES string of the molecule is C=C(C(=O)NC(C)(C)C)[C@@H](O)c1ccc(OC)cc1. The molecule has 2 N–H and O–H groups in total. The van der Waals surface area contributed by atoms with E-state index in [2.05, 4.69) is 11.9 Å². The lowest BCUT2D eigenvalue weighted by Gasteiger charge is -2.23. The fraction of sp³-hybridized carbons (Fsp3) is 0.400. The van der Waals surface area contributed by atoms with Crippen LogP contribution in [0.1, 0.15) is 32.4 Å². The van der Waals surface area contributed by atoms with Crippen molar-refractivity contribution >= 4 is 5.91 Å². The molecule has 0 saturated heterocycles. The van der Waals surface area contributed by atoms with Crippen LogP contribution >= 0.6 is 0 Å². The molecule has 1 atom stereocenters. The second-order valence-corrected chi connectivity index (χ2v) is 5.41. The van der Waals surface area contributed by atoms with E-state index in [4.69, 9.17) is 4.74 Å². The topological polar surface area (TPSA) is 58.6 Å². The minimum atomic E-state index is -1.02. The maximum atomic E-state index is 11.9. The molecule has 19 heavy (non-hydrogen) atoms. The predicted octanol–water partition coefficient (Wildman–Crippen LogP) is 2.20. The number of hydrogen-bond donors (Lipinski definition) is 2. The maximum Gasteiger partial charge on any atom is 0.249 e. The molecular formula is C15H21NO3. The van der Waals surface area contributed by atoms with Crippen LogP contribution in [0.3, 0.4) is 0 Å². The third kappa shape index (κ3) is 4.41. The van der Waals surface area contributed by atoms with Gasteiger partial charge in [-0.05, 0) is 38.5 Å². The number of methoxy groups -OCH3 is 1. The summed E-state index contributed by atoms with van der Waals surface area (Å²) >= 11 is 0. The maximum absolute atomic E-state index is 11.9. The van der Waals surface area contributed by atoms with Crippen LogP contribution in [-0.4, -0.2) is 23.7 Å². The van der Waals surface area contributed by atoms with Crippen LogP contribution in [0.4, 0.5) is 0 Å². The molecule has 0 radical (unpaired) electrons. The Labute approximate surface area is 114 Å². The number of amides is 1. The monoisotopic (exact) mass is 263 g/mol. The summed E-state index contributed by atoms with van der Waals surface area (Å²) in [6.45, 7) is 9.28. The summed E-state index contributed by atoms with van der Waals surface area (Å²) in [6, 6.07) is 6.87. The van der Waals surface area contributed by atoms with Crippen molar-refractivity contribution in [1.82, 2.24) is 5.32 Å². The summed E-state index contributed by atoms with van der Waals surface area (Å²) in [6.07, 6.45) is -1.02. The molecule has 1 aromatic carbocycles. The van der Waals surface area contributed by atoms with Crippen LogP contribution in [0.2, 0.25) is 0 Å². The number of benzene rings is 1. The van der Waals surface area contributed by atoms with E-state index >= 15 is 0 Å². The van der Waals surface area contributed by atoms with E-state index in [0.717, 1.165) is 0 Å². The molecular weight excluding hydrogens is 242 g/mol. The summed E-state index contributed by atoms with van der Waals surface area (Å²) in [5, 5.41) is 12.9. The summed E-state index contributed by atoms with van der Waals surface area (Å²) in [4.78, 5) is 11.9. The first-order valence-electron chi connectivity index (χ1n) is 6.08. The van der Waals surface area contributed by atoms with Crippen LogP contribution in [0.5, 0.6) is 5.75 Å². The van der Waals surface area contributed by atoms with Crippen molar-refractivity contribution in [2.24, 2.45) is 0 Å². The van der Waals surface area contributed by atoms with Gasteiger partial charge in [0.05, 0.1) is 7.11 Å². The normalized spacial score (nSPS) is 12.7. The van der Waals surface area contributed by atoms with Crippen molar-refractivity contribution in [2.75, 3.05) is 7.11 Å². The summed E-state index contributed by atoms with van der Waals surface area (Å²) in [5.74, 6) is 0.344. The second kappa shape index (κ2) is 5.89. The third-order valence-electron chi connectivity index (χ3n) is 2.54. The highest BCUT2D eigenvalue weighted by atomic mass is 16.5. The van der Waals surface area contributed by atoms with Gasteiger partial charge in [0.2, 0.25) is 5.91 Å². The fourth-order valence-electron chi connectivity index (χ4n) is 1.53. The smallest absolute Gasteiger partial charge is 0.249 e. The highest BCUT2D eigenvalue weighted by Crippen LogP contribution is 2.23. The predicted molar refractivity (Wildman–Crippen MR) is 75.0 cm³/mol. The first-order chi connectivity index (χ1) is 8.74. The molecule has 104 valence electrons. The number of aliphatic hydroxyl groups is 1. The van der Waals surface area contributed by atoms with Crippen LogP contribution in [0, 0.1) is 0 Å². The van der Waals surface area contributed by atoms with E-state index in [9.17, 15) is 9.90 Å².